The molecule has 0 atom stereocenters. The summed E-state index contributed by atoms with van der Waals surface area (Å²) in [7, 11) is 1.55. The molecular weight excluding hydrogens is 417 g/mol. The number of methoxy groups -OCH3 is 1. The average Bonchev–Trinajstić information content (AvgIpc) is 2.50. The fourth-order valence-electron chi connectivity index (χ4n) is 2.82. The largest absolute Gasteiger partial charge is 0.504 e. The zero-order chi connectivity index (χ0) is 17.3. The van der Waals surface area contributed by atoms with Gasteiger partial charge < -0.3 is 20.1 Å². The van der Waals surface area contributed by atoms with Crippen molar-refractivity contribution < 1.29 is 9.84 Å². The number of nitrogens with zero attached hydrogens (tertiary/aromatic N) is 2. The van der Waals surface area contributed by atoms with Crippen LogP contribution in [-0.2, 0) is 6.54 Å². The molecule has 1 aromatic rings. The molecule has 0 amide bonds. The van der Waals surface area contributed by atoms with E-state index in [4.69, 9.17) is 9.73 Å². The van der Waals surface area contributed by atoms with Crippen molar-refractivity contribution in [1.82, 2.24) is 10.2 Å². The number of phenols is 1. The molecule has 0 unspecified atom stereocenters. The Morgan fingerprint density at radius 3 is 2.50 bits per heavy atom. The summed E-state index contributed by atoms with van der Waals surface area (Å²) in [6, 6.07) is 5.48. The normalized spacial score (nSPS) is 18.4. The van der Waals surface area contributed by atoms with Crippen LogP contribution in [0.2, 0.25) is 0 Å². The van der Waals surface area contributed by atoms with E-state index < -0.39 is 0 Å². The maximum absolute atomic E-state index is 10.2. The summed E-state index contributed by atoms with van der Waals surface area (Å²) in [6.45, 7) is 13.3. The molecule has 1 heterocycles. The number of nitrogens with one attached hydrogen (secondary N) is 1. The Bertz CT molecular complexity index is 600. The van der Waals surface area contributed by atoms with E-state index in [-0.39, 0.29) is 40.7 Å². The monoisotopic (exact) mass is 447 g/mol. The van der Waals surface area contributed by atoms with E-state index in [0.29, 0.717) is 12.3 Å². The van der Waals surface area contributed by atoms with Gasteiger partial charge in [-0.1, -0.05) is 26.0 Å². The van der Waals surface area contributed by atoms with Crippen LogP contribution in [-0.4, -0.2) is 41.7 Å². The zero-order valence-electron chi connectivity index (χ0n) is 15.5. The first-order valence-electron chi connectivity index (χ1n) is 8.15. The molecule has 6 heteroatoms. The summed E-state index contributed by atoms with van der Waals surface area (Å²) >= 11 is 0. The molecule has 1 fully saturated rings. The first kappa shape index (κ1) is 20.9. The standard InChI is InChI=1S/C18H29N3O2.HI/c1-7-19-16(21-12-17(2,3)18(21,4)5)20-11-13-9-8-10-14(23-6)15(13)22;/h8-10,22H,7,11-12H2,1-6H3,(H,19,20);1H. The molecule has 24 heavy (non-hydrogen) atoms. The van der Waals surface area contributed by atoms with Crippen LogP contribution in [0.15, 0.2) is 23.2 Å². The van der Waals surface area contributed by atoms with E-state index in [1.165, 1.54) is 0 Å². The Balaban J connectivity index is 0.00000288. The van der Waals surface area contributed by atoms with E-state index in [9.17, 15) is 5.11 Å². The quantitative estimate of drug-likeness (QED) is 0.421. The molecule has 0 aromatic heterocycles. The lowest BCUT2D eigenvalue weighted by Crippen LogP contribution is -2.72. The van der Waals surface area contributed by atoms with Crippen molar-refractivity contribution >= 4 is 29.9 Å². The van der Waals surface area contributed by atoms with Crippen LogP contribution < -0.4 is 10.1 Å². The molecular formula is C18H30IN3O2. The number of halogens is 1. The van der Waals surface area contributed by atoms with Crippen molar-refractivity contribution in [2.45, 2.75) is 46.7 Å². The number of ether oxygens (including phenoxy) is 1. The van der Waals surface area contributed by atoms with Crippen molar-refractivity contribution in [2.75, 3.05) is 20.2 Å². The minimum absolute atomic E-state index is 0. The molecule has 0 aliphatic carbocycles. The predicted octanol–water partition coefficient (Wildman–Crippen LogP) is 3.60. The highest BCUT2D eigenvalue weighted by atomic mass is 127. The Labute approximate surface area is 162 Å². The summed E-state index contributed by atoms with van der Waals surface area (Å²) < 4.78 is 5.16. The molecule has 136 valence electrons. The van der Waals surface area contributed by atoms with E-state index in [2.05, 4.69) is 44.8 Å². The SMILES string of the molecule is CCNC(=NCc1cccc(OC)c1O)N1CC(C)(C)C1(C)C.I. The van der Waals surface area contributed by atoms with Gasteiger partial charge in [-0.25, -0.2) is 4.99 Å². The Kier molecular flexibility index (Phi) is 6.78. The van der Waals surface area contributed by atoms with Gasteiger partial charge in [0.2, 0.25) is 0 Å². The maximum Gasteiger partial charge on any atom is 0.194 e. The van der Waals surface area contributed by atoms with Crippen LogP contribution in [0.3, 0.4) is 0 Å². The average molecular weight is 447 g/mol. The van der Waals surface area contributed by atoms with Gasteiger partial charge in [0, 0.05) is 29.6 Å². The number of benzene rings is 1. The molecule has 1 aromatic carbocycles. The number of likely N-dealkylation sites (tertiary alicyclic amines) is 1. The number of aliphatic imine (C=N–C) groups is 1. The number of guanidine groups is 1. The topological polar surface area (TPSA) is 57.1 Å². The lowest BCUT2D eigenvalue weighted by atomic mass is 9.65. The predicted molar refractivity (Wildman–Crippen MR) is 109 cm³/mol. The van der Waals surface area contributed by atoms with Crippen LogP contribution in [0, 0.1) is 5.41 Å². The van der Waals surface area contributed by atoms with E-state index in [1.807, 2.05) is 12.1 Å². The van der Waals surface area contributed by atoms with Crippen molar-refractivity contribution in [3.8, 4) is 11.5 Å². The van der Waals surface area contributed by atoms with E-state index >= 15 is 0 Å². The maximum atomic E-state index is 10.2. The van der Waals surface area contributed by atoms with Crippen LogP contribution in [0.4, 0.5) is 0 Å². The smallest absolute Gasteiger partial charge is 0.194 e. The number of aromatic hydroxyl groups is 1. The summed E-state index contributed by atoms with van der Waals surface area (Å²) in [5, 5.41) is 13.6. The van der Waals surface area contributed by atoms with E-state index in [0.717, 1.165) is 24.6 Å². The first-order valence-corrected chi connectivity index (χ1v) is 8.15. The number of rotatable bonds is 4. The van der Waals surface area contributed by atoms with Crippen molar-refractivity contribution in [1.29, 1.82) is 0 Å². The van der Waals surface area contributed by atoms with Crippen LogP contribution >= 0.6 is 24.0 Å². The Hall–Kier alpha value is -1.18. The summed E-state index contributed by atoms with van der Waals surface area (Å²) in [5.74, 6) is 1.53. The lowest BCUT2D eigenvalue weighted by Gasteiger charge is -2.62. The molecule has 0 spiro atoms. The second-order valence-electron chi connectivity index (χ2n) is 7.17. The van der Waals surface area contributed by atoms with E-state index in [1.54, 1.807) is 13.2 Å². The number of phenolic OH excluding ortho intramolecular Hbond substituents is 1. The molecule has 1 saturated heterocycles. The minimum Gasteiger partial charge on any atom is -0.504 e. The number of hydrogen-bond acceptors (Lipinski definition) is 3. The zero-order valence-corrected chi connectivity index (χ0v) is 17.8. The van der Waals surface area contributed by atoms with Gasteiger partial charge in [-0.05, 0) is 26.8 Å². The van der Waals surface area contributed by atoms with Gasteiger partial charge in [0.25, 0.3) is 0 Å². The van der Waals surface area contributed by atoms with Gasteiger partial charge in [-0.2, -0.15) is 0 Å². The van der Waals surface area contributed by atoms with Gasteiger partial charge in [0.05, 0.1) is 13.7 Å². The molecule has 1 aliphatic rings. The Morgan fingerprint density at radius 2 is 2.00 bits per heavy atom. The third kappa shape index (κ3) is 3.73. The van der Waals surface area contributed by atoms with Gasteiger partial charge in [-0.3, -0.25) is 0 Å². The highest BCUT2D eigenvalue weighted by Crippen LogP contribution is 2.46. The molecule has 0 saturated carbocycles. The van der Waals surface area contributed by atoms with Crippen LogP contribution in [0.5, 0.6) is 11.5 Å². The van der Waals surface area contributed by atoms with Crippen LogP contribution in [0.25, 0.3) is 0 Å². The highest BCUT2D eigenvalue weighted by Gasteiger charge is 2.53. The van der Waals surface area contributed by atoms with Gasteiger partial charge in [-0.15, -0.1) is 24.0 Å². The third-order valence-corrected chi connectivity index (χ3v) is 5.18. The minimum atomic E-state index is 0. The number of para-hydroxylation sites is 1. The molecule has 1 aliphatic heterocycles. The first-order chi connectivity index (χ1) is 10.7. The second kappa shape index (κ2) is 7.80. The molecule has 5 nitrogen and oxygen atoms in total. The lowest BCUT2D eigenvalue weighted by molar-refractivity contribution is -0.0667. The summed E-state index contributed by atoms with van der Waals surface area (Å²) in [5.41, 5.74) is 1.06. The molecule has 0 radical (unpaired) electrons. The summed E-state index contributed by atoms with van der Waals surface area (Å²) in [6.07, 6.45) is 0. The van der Waals surface area contributed by atoms with Crippen molar-refractivity contribution in [3.05, 3.63) is 23.8 Å². The van der Waals surface area contributed by atoms with Crippen molar-refractivity contribution in [3.63, 3.8) is 0 Å². The second-order valence-corrected chi connectivity index (χ2v) is 7.17. The van der Waals surface area contributed by atoms with Gasteiger partial charge in [0.1, 0.15) is 0 Å². The highest BCUT2D eigenvalue weighted by molar-refractivity contribution is 14.0. The Morgan fingerprint density at radius 1 is 1.33 bits per heavy atom. The molecule has 2 N–H and O–H groups in total. The van der Waals surface area contributed by atoms with Gasteiger partial charge >= 0.3 is 0 Å². The van der Waals surface area contributed by atoms with Gasteiger partial charge in [0.15, 0.2) is 17.5 Å². The van der Waals surface area contributed by atoms with Crippen molar-refractivity contribution in [2.24, 2.45) is 10.4 Å². The third-order valence-electron chi connectivity index (χ3n) is 5.18. The van der Waals surface area contributed by atoms with Crippen LogP contribution in [0.1, 0.15) is 40.2 Å². The fourth-order valence-corrected chi connectivity index (χ4v) is 2.82. The molecule has 0 bridgehead atoms. The summed E-state index contributed by atoms with van der Waals surface area (Å²) in [4.78, 5) is 7.02. The fraction of sp³-hybridized carbons (Fsp3) is 0.611. The molecule has 2 rings (SSSR count). The number of hydrogen-bond donors (Lipinski definition) is 2.